The Kier molecular flexibility index (Phi) is 2.45. The summed E-state index contributed by atoms with van der Waals surface area (Å²) in [4.78, 5) is 10.8. The molecule has 2 rings (SSSR count). The Labute approximate surface area is 92.2 Å². The van der Waals surface area contributed by atoms with Crippen LogP contribution < -0.4 is 4.74 Å². The molecule has 86 valence electrons. The molecular weight excluding hydrogens is 214 g/mol. The minimum absolute atomic E-state index is 0.350. The number of rotatable bonds is 4. The number of halogens is 2. The number of aldehydes is 1. The quantitative estimate of drug-likeness (QED) is 0.737. The third-order valence-corrected chi connectivity index (χ3v) is 2.91. The highest BCUT2D eigenvalue weighted by Crippen LogP contribution is 2.60. The molecule has 1 saturated carbocycles. The van der Waals surface area contributed by atoms with Gasteiger partial charge in [-0.1, -0.05) is 12.1 Å². The predicted octanol–water partition coefficient (Wildman–Crippen LogP) is 2.56. The van der Waals surface area contributed by atoms with E-state index in [4.69, 9.17) is 4.74 Å². The lowest BCUT2D eigenvalue weighted by molar-refractivity contribution is -0.112. The zero-order chi connectivity index (χ0) is 11.8. The lowest BCUT2D eigenvalue weighted by Crippen LogP contribution is -2.17. The molecule has 0 radical (unpaired) electrons. The van der Waals surface area contributed by atoms with Crippen LogP contribution in [-0.4, -0.2) is 18.8 Å². The fourth-order valence-corrected chi connectivity index (χ4v) is 1.83. The van der Waals surface area contributed by atoms with Gasteiger partial charge in [-0.05, 0) is 24.6 Å². The van der Waals surface area contributed by atoms with Gasteiger partial charge in [0.1, 0.15) is 17.5 Å². The molecule has 0 heterocycles. The normalized spacial score (nSPS) is 26.2. The molecule has 4 heteroatoms. The Hall–Kier alpha value is -1.45. The van der Waals surface area contributed by atoms with Gasteiger partial charge in [-0.15, -0.1) is 0 Å². The van der Waals surface area contributed by atoms with Gasteiger partial charge in [0.25, 0.3) is 5.92 Å². The van der Waals surface area contributed by atoms with Gasteiger partial charge >= 0.3 is 0 Å². The van der Waals surface area contributed by atoms with Crippen LogP contribution in [0.3, 0.4) is 0 Å². The van der Waals surface area contributed by atoms with Gasteiger partial charge < -0.3 is 9.53 Å². The Balaban J connectivity index is 2.26. The minimum atomic E-state index is -2.90. The molecule has 16 heavy (non-hydrogen) atoms. The standard InChI is InChI=1S/C12H12F2O2/c1-2-16-10-5-3-9(4-6-10)11(8-15)7-12(11,13)14/h3-6,8H,2,7H2,1H3. The molecule has 1 aliphatic carbocycles. The van der Waals surface area contributed by atoms with Gasteiger partial charge in [0.15, 0.2) is 0 Å². The van der Waals surface area contributed by atoms with E-state index in [9.17, 15) is 13.6 Å². The van der Waals surface area contributed by atoms with E-state index >= 15 is 0 Å². The van der Waals surface area contributed by atoms with E-state index in [1.165, 1.54) is 12.1 Å². The fourth-order valence-electron chi connectivity index (χ4n) is 1.83. The molecule has 0 N–H and O–H groups in total. The first-order valence-corrected chi connectivity index (χ1v) is 5.13. The maximum Gasteiger partial charge on any atom is 0.265 e. The van der Waals surface area contributed by atoms with Crippen molar-refractivity contribution < 1.29 is 18.3 Å². The van der Waals surface area contributed by atoms with Crippen molar-refractivity contribution in [2.45, 2.75) is 24.7 Å². The lowest BCUT2D eigenvalue weighted by atomic mass is 9.97. The molecule has 1 fully saturated rings. The second-order valence-corrected chi connectivity index (χ2v) is 3.93. The Morgan fingerprint density at radius 2 is 1.94 bits per heavy atom. The molecule has 1 aromatic rings. The van der Waals surface area contributed by atoms with E-state index in [0.29, 0.717) is 24.2 Å². The summed E-state index contributed by atoms with van der Waals surface area (Å²) in [6.45, 7) is 2.37. The summed E-state index contributed by atoms with van der Waals surface area (Å²) >= 11 is 0. The van der Waals surface area contributed by atoms with Crippen molar-refractivity contribution in [2.75, 3.05) is 6.61 Å². The van der Waals surface area contributed by atoms with Crippen molar-refractivity contribution >= 4 is 6.29 Å². The summed E-state index contributed by atoms with van der Waals surface area (Å²) in [5, 5.41) is 0. The molecule has 1 aromatic carbocycles. The van der Waals surface area contributed by atoms with Crippen LogP contribution in [0.25, 0.3) is 0 Å². The number of hydrogen-bond donors (Lipinski definition) is 0. The van der Waals surface area contributed by atoms with Crippen LogP contribution in [-0.2, 0) is 10.2 Å². The molecular formula is C12H12F2O2. The Morgan fingerprint density at radius 3 is 2.31 bits per heavy atom. The first-order chi connectivity index (χ1) is 7.55. The molecule has 1 atom stereocenters. The summed E-state index contributed by atoms with van der Waals surface area (Å²) in [7, 11) is 0. The van der Waals surface area contributed by atoms with Crippen molar-refractivity contribution in [3.63, 3.8) is 0 Å². The van der Waals surface area contributed by atoms with Gasteiger partial charge in [-0.2, -0.15) is 0 Å². The van der Waals surface area contributed by atoms with Crippen LogP contribution in [0, 0.1) is 0 Å². The second-order valence-electron chi connectivity index (χ2n) is 3.93. The SMILES string of the molecule is CCOc1ccc(C2(C=O)CC2(F)F)cc1. The van der Waals surface area contributed by atoms with Gasteiger partial charge in [-0.25, -0.2) is 8.78 Å². The van der Waals surface area contributed by atoms with Crippen LogP contribution >= 0.6 is 0 Å². The van der Waals surface area contributed by atoms with Crippen molar-refractivity contribution in [3.05, 3.63) is 29.8 Å². The fraction of sp³-hybridized carbons (Fsp3) is 0.417. The van der Waals surface area contributed by atoms with E-state index in [1.54, 1.807) is 12.1 Å². The maximum atomic E-state index is 13.1. The summed E-state index contributed by atoms with van der Waals surface area (Å²) in [6, 6.07) is 6.28. The molecule has 0 aliphatic heterocycles. The molecule has 1 aliphatic rings. The van der Waals surface area contributed by atoms with Crippen LogP contribution in [0.5, 0.6) is 5.75 Å². The predicted molar refractivity (Wildman–Crippen MR) is 54.9 cm³/mol. The molecule has 0 saturated heterocycles. The van der Waals surface area contributed by atoms with Crippen LogP contribution in [0.4, 0.5) is 8.78 Å². The van der Waals surface area contributed by atoms with E-state index in [0.717, 1.165) is 0 Å². The molecule has 0 amide bonds. The highest BCUT2D eigenvalue weighted by Gasteiger charge is 2.72. The largest absolute Gasteiger partial charge is 0.494 e. The summed E-state index contributed by atoms with van der Waals surface area (Å²) in [5.74, 6) is -2.28. The highest BCUT2D eigenvalue weighted by molar-refractivity contribution is 5.76. The van der Waals surface area contributed by atoms with Crippen LogP contribution in [0.2, 0.25) is 0 Å². The molecule has 0 spiro atoms. The number of benzene rings is 1. The second kappa shape index (κ2) is 3.54. The smallest absolute Gasteiger partial charge is 0.265 e. The maximum absolute atomic E-state index is 13.1. The van der Waals surface area contributed by atoms with Gasteiger partial charge in [0, 0.05) is 6.42 Å². The number of carbonyl (C=O) groups is 1. The number of alkyl halides is 2. The highest BCUT2D eigenvalue weighted by atomic mass is 19.3. The number of hydrogen-bond acceptors (Lipinski definition) is 2. The van der Waals surface area contributed by atoms with Crippen molar-refractivity contribution in [2.24, 2.45) is 0 Å². The monoisotopic (exact) mass is 226 g/mol. The number of carbonyl (C=O) groups excluding carboxylic acids is 1. The molecule has 1 unspecified atom stereocenters. The first-order valence-electron chi connectivity index (χ1n) is 5.13. The zero-order valence-corrected chi connectivity index (χ0v) is 8.87. The van der Waals surface area contributed by atoms with Crippen LogP contribution in [0.15, 0.2) is 24.3 Å². The average molecular weight is 226 g/mol. The Bertz CT molecular complexity index is 400. The summed E-state index contributed by atoms with van der Waals surface area (Å²) < 4.78 is 31.5. The lowest BCUT2D eigenvalue weighted by Gasteiger charge is -2.10. The van der Waals surface area contributed by atoms with Crippen LogP contribution in [0.1, 0.15) is 18.9 Å². The first kappa shape index (κ1) is 11.0. The summed E-state index contributed by atoms with van der Waals surface area (Å²) in [6.07, 6.45) is -0.0415. The topological polar surface area (TPSA) is 26.3 Å². The van der Waals surface area contributed by atoms with Gasteiger partial charge in [0.05, 0.1) is 6.61 Å². The van der Waals surface area contributed by atoms with Crippen molar-refractivity contribution in [3.8, 4) is 5.75 Å². The third-order valence-electron chi connectivity index (χ3n) is 2.91. The molecule has 2 nitrogen and oxygen atoms in total. The average Bonchev–Trinajstić information content (AvgIpc) is 2.84. The molecule has 0 aromatic heterocycles. The van der Waals surface area contributed by atoms with E-state index in [1.807, 2.05) is 6.92 Å². The minimum Gasteiger partial charge on any atom is -0.494 e. The van der Waals surface area contributed by atoms with E-state index in [-0.39, 0.29) is 0 Å². The van der Waals surface area contributed by atoms with Crippen molar-refractivity contribution in [1.29, 1.82) is 0 Å². The molecule has 0 bridgehead atoms. The zero-order valence-electron chi connectivity index (χ0n) is 8.87. The summed E-state index contributed by atoms with van der Waals surface area (Å²) in [5.41, 5.74) is -1.24. The van der Waals surface area contributed by atoms with E-state index < -0.39 is 17.8 Å². The van der Waals surface area contributed by atoms with Gasteiger partial charge in [-0.3, -0.25) is 0 Å². The van der Waals surface area contributed by atoms with Gasteiger partial charge in [0.2, 0.25) is 0 Å². The Morgan fingerprint density at radius 1 is 1.38 bits per heavy atom. The third kappa shape index (κ3) is 1.49. The van der Waals surface area contributed by atoms with Crippen molar-refractivity contribution in [1.82, 2.24) is 0 Å². The number of ether oxygens (including phenoxy) is 1. The van der Waals surface area contributed by atoms with E-state index in [2.05, 4.69) is 0 Å².